The molecule has 1 saturated heterocycles. The van der Waals surface area contributed by atoms with Crippen molar-refractivity contribution in [2.24, 2.45) is 5.92 Å². The maximum atomic E-state index is 14.5. The molecular formula is C37H45FN2O8. The van der Waals surface area contributed by atoms with Gasteiger partial charge in [0.15, 0.2) is 23.0 Å². The number of fused-ring (bicyclic) bond motifs is 1. The maximum absolute atomic E-state index is 14.5. The molecule has 2 heterocycles. The van der Waals surface area contributed by atoms with Crippen LogP contribution in [-0.4, -0.2) is 74.7 Å². The molecule has 258 valence electrons. The predicted molar refractivity (Wildman–Crippen MR) is 179 cm³/mol. The minimum absolute atomic E-state index is 0.00812. The zero-order valence-corrected chi connectivity index (χ0v) is 28.2. The van der Waals surface area contributed by atoms with Gasteiger partial charge in [-0.1, -0.05) is 38.8 Å². The number of aliphatic carboxylic acids is 1. The highest BCUT2D eigenvalue weighted by molar-refractivity contribution is 5.95. The van der Waals surface area contributed by atoms with E-state index < -0.39 is 23.8 Å². The van der Waals surface area contributed by atoms with E-state index in [1.54, 1.807) is 55.3 Å². The second-order valence-corrected chi connectivity index (χ2v) is 12.3. The summed E-state index contributed by atoms with van der Waals surface area (Å²) in [4.78, 5) is 31.3. The lowest BCUT2D eigenvalue weighted by atomic mass is 9.85. The summed E-state index contributed by atoms with van der Waals surface area (Å²) in [5.74, 6) is -0.644. The van der Waals surface area contributed by atoms with E-state index in [1.807, 2.05) is 17.0 Å². The number of carboxylic acids is 1. The standard InChI is InChI=1S/C37H45FN2O8/c1-6-10-25(11-7-2)40(26-14-15-28(38)23(3)16-26)34(41)20-39-19-27(24-17-32(45-5)36-33(18-24)47-22-48-36)35(37(42)43)29(39)21-46-31-13-9-8-12-30(31)44-4/h8-9,12-18,25,27,29,35H,6-7,10-11,19-22H2,1-5H3,(H,42,43)/t27-,29+,35-/m1/s1. The van der Waals surface area contributed by atoms with E-state index in [4.69, 9.17) is 23.7 Å². The fourth-order valence-electron chi connectivity index (χ4n) is 6.97. The Kier molecular flexibility index (Phi) is 11.3. The van der Waals surface area contributed by atoms with Crippen molar-refractivity contribution in [1.29, 1.82) is 0 Å². The third-order valence-corrected chi connectivity index (χ3v) is 9.26. The fraction of sp³-hybridized carbons (Fsp3) is 0.459. The normalized spacial score (nSPS) is 18.6. The summed E-state index contributed by atoms with van der Waals surface area (Å²) in [7, 11) is 3.06. The Morgan fingerprint density at radius 2 is 1.71 bits per heavy atom. The number of rotatable bonds is 15. The number of nitrogens with zero attached hydrogens (tertiary/aromatic N) is 2. The molecule has 1 amide bonds. The number of hydrogen-bond acceptors (Lipinski definition) is 8. The zero-order chi connectivity index (χ0) is 34.4. The molecule has 3 aromatic rings. The van der Waals surface area contributed by atoms with Crippen LogP contribution in [0.25, 0.3) is 0 Å². The third-order valence-electron chi connectivity index (χ3n) is 9.26. The molecule has 2 aliphatic rings. The number of amides is 1. The summed E-state index contributed by atoms with van der Waals surface area (Å²) in [5, 5.41) is 10.7. The summed E-state index contributed by atoms with van der Waals surface area (Å²) in [6, 6.07) is 14.7. The molecule has 3 aromatic carbocycles. The van der Waals surface area contributed by atoms with Crippen LogP contribution in [0.1, 0.15) is 56.6 Å². The SMILES string of the molecule is CCCC(CCC)N(C(=O)CN1C[C@H](c2cc(OC)c3c(c2)OCO3)[C@@H](C(=O)O)[C@@H]1COc1ccccc1OC)c1ccc(F)c(C)c1. The number of benzene rings is 3. The smallest absolute Gasteiger partial charge is 0.308 e. The Labute approximate surface area is 281 Å². The first-order valence-electron chi connectivity index (χ1n) is 16.5. The molecule has 48 heavy (non-hydrogen) atoms. The van der Waals surface area contributed by atoms with Gasteiger partial charge >= 0.3 is 5.97 Å². The quantitative estimate of drug-likeness (QED) is 0.197. The van der Waals surface area contributed by atoms with E-state index in [1.165, 1.54) is 13.2 Å². The molecule has 2 aliphatic heterocycles. The van der Waals surface area contributed by atoms with Gasteiger partial charge in [-0.3, -0.25) is 14.5 Å². The second kappa shape index (κ2) is 15.6. The number of carboxylic acid groups (broad SMARTS) is 1. The lowest BCUT2D eigenvalue weighted by molar-refractivity contribution is -0.143. The first-order chi connectivity index (χ1) is 23.2. The van der Waals surface area contributed by atoms with Gasteiger partial charge in [-0.15, -0.1) is 0 Å². The first-order valence-corrected chi connectivity index (χ1v) is 16.5. The molecule has 0 unspecified atom stereocenters. The number of hydrogen-bond donors (Lipinski definition) is 1. The van der Waals surface area contributed by atoms with Gasteiger partial charge < -0.3 is 33.7 Å². The van der Waals surface area contributed by atoms with E-state index in [9.17, 15) is 19.1 Å². The van der Waals surface area contributed by atoms with Crippen molar-refractivity contribution in [1.82, 2.24) is 4.90 Å². The van der Waals surface area contributed by atoms with E-state index in [2.05, 4.69) is 13.8 Å². The van der Waals surface area contributed by atoms with E-state index in [-0.39, 0.29) is 44.3 Å². The van der Waals surface area contributed by atoms with Gasteiger partial charge in [-0.25, -0.2) is 4.39 Å². The highest BCUT2D eigenvalue weighted by Crippen LogP contribution is 2.47. The van der Waals surface area contributed by atoms with Crippen LogP contribution in [0.4, 0.5) is 10.1 Å². The van der Waals surface area contributed by atoms with Crippen LogP contribution in [0.5, 0.6) is 28.7 Å². The molecule has 3 atom stereocenters. The molecule has 1 fully saturated rings. The van der Waals surface area contributed by atoms with Gasteiger partial charge in [0.05, 0.1) is 32.7 Å². The average Bonchev–Trinajstić information content (AvgIpc) is 3.70. The van der Waals surface area contributed by atoms with Crippen LogP contribution in [0.2, 0.25) is 0 Å². The van der Waals surface area contributed by atoms with Crippen LogP contribution >= 0.6 is 0 Å². The molecule has 0 radical (unpaired) electrons. The molecule has 0 saturated carbocycles. The minimum Gasteiger partial charge on any atom is -0.493 e. The lowest BCUT2D eigenvalue weighted by Gasteiger charge is -2.35. The van der Waals surface area contributed by atoms with Crippen molar-refractivity contribution >= 4 is 17.6 Å². The molecule has 0 spiro atoms. The second-order valence-electron chi connectivity index (χ2n) is 12.3. The summed E-state index contributed by atoms with van der Waals surface area (Å²) in [6.07, 6.45) is 3.27. The van der Waals surface area contributed by atoms with E-state index >= 15 is 0 Å². The number of anilines is 1. The Morgan fingerprint density at radius 1 is 1.00 bits per heavy atom. The van der Waals surface area contributed by atoms with Crippen LogP contribution < -0.4 is 28.6 Å². The monoisotopic (exact) mass is 664 g/mol. The number of methoxy groups -OCH3 is 2. The number of carbonyl (C=O) groups is 2. The molecule has 0 aromatic heterocycles. The molecule has 11 heteroatoms. The van der Waals surface area contributed by atoms with Crippen LogP contribution in [0.15, 0.2) is 54.6 Å². The van der Waals surface area contributed by atoms with Crippen molar-refractivity contribution in [2.75, 3.05) is 45.6 Å². The summed E-state index contributed by atoms with van der Waals surface area (Å²) < 4.78 is 42.9. The molecule has 5 rings (SSSR count). The number of carbonyl (C=O) groups excluding carboxylic acids is 1. The Bertz CT molecular complexity index is 1590. The molecule has 0 bridgehead atoms. The Balaban J connectivity index is 1.53. The largest absolute Gasteiger partial charge is 0.493 e. The number of aryl methyl sites for hydroxylation is 1. The van der Waals surface area contributed by atoms with Crippen molar-refractivity contribution in [3.63, 3.8) is 0 Å². The van der Waals surface area contributed by atoms with E-state index in [0.717, 1.165) is 25.7 Å². The van der Waals surface area contributed by atoms with Gasteiger partial charge in [-0.05, 0) is 73.4 Å². The van der Waals surface area contributed by atoms with Crippen LogP contribution in [0.3, 0.4) is 0 Å². The van der Waals surface area contributed by atoms with Gasteiger partial charge in [-0.2, -0.15) is 0 Å². The van der Waals surface area contributed by atoms with Crippen molar-refractivity contribution in [3.05, 3.63) is 71.5 Å². The number of para-hydroxylation sites is 2. The van der Waals surface area contributed by atoms with Crippen LogP contribution in [0, 0.1) is 18.7 Å². The zero-order valence-electron chi connectivity index (χ0n) is 28.2. The predicted octanol–water partition coefficient (Wildman–Crippen LogP) is 6.43. The highest BCUT2D eigenvalue weighted by Gasteiger charge is 2.48. The third kappa shape index (κ3) is 7.31. The van der Waals surface area contributed by atoms with E-state index in [0.29, 0.717) is 45.6 Å². The van der Waals surface area contributed by atoms with Gasteiger partial charge in [0.1, 0.15) is 12.4 Å². The average molecular weight is 665 g/mol. The maximum Gasteiger partial charge on any atom is 0.308 e. The topological polar surface area (TPSA) is 107 Å². The van der Waals surface area contributed by atoms with Gasteiger partial charge in [0, 0.05) is 24.2 Å². The van der Waals surface area contributed by atoms with Crippen molar-refractivity contribution in [3.8, 4) is 28.7 Å². The van der Waals surface area contributed by atoms with Gasteiger partial charge in [0.25, 0.3) is 0 Å². The first kappa shape index (κ1) is 34.8. The molecule has 10 nitrogen and oxygen atoms in total. The van der Waals surface area contributed by atoms with Gasteiger partial charge in [0.2, 0.25) is 18.4 Å². The Hall–Kier alpha value is -4.51. The van der Waals surface area contributed by atoms with Crippen LogP contribution in [-0.2, 0) is 9.59 Å². The molecular weight excluding hydrogens is 619 g/mol. The number of halogens is 1. The summed E-state index contributed by atoms with van der Waals surface area (Å²) in [6.45, 7) is 6.06. The Morgan fingerprint density at radius 3 is 2.35 bits per heavy atom. The highest BCUT2D eigenvalue weighted by atomic mass is 19.1. The molecule has 1 N–H and O–H groups in total. The van der Waals surface area contributed by atoms with Crippen molar-refractivity contribution < 1.29 is 42.8 Å². The summed E-state index contributed by atoms with van der Waals surface area (Å²) >= 11 is 0. The number of likely N-dealkylation sites (tertiary alicyclic amines) is 1. The minimum atomic E-state index is -1.01. The molecule has 0 aliphatic carbocycles. The lowest BCUT2D eigenvalue weighted by Crippen LogP contribution is -2.49. The van der Waals surface area contributed by atoms with Crippen molar-refractivity contribution in [2.45, 2.75) is 64.5 Å². The summed E-state index contributed by atoms with van der Waals surface area (Å²) in [5.41, 5.74) is 1.77. The fourth-order valence-corrected chi connectivity index (χ4v) is 6.97. The number of ether oxygens (including phenoxy) is 5.